The SMILES string of the molecule is CCNC(=NCc1cc(C)ccc1OC(F)F)NCC(O)COCc1ccccc1. The molecule has 2 aromatic rings. The average Bonchev–Trinajstić information content (AvgIpc) is 2.72. The molecule has 1 unspecified atom stereocenters. The third-order valence-electron chi connectivity index (χ3n) is 4.11. The molecular weight excluding hydrogens is 392 g/mol. The first-order valence-electron chi connectivity index (χ1n) is 9.84. The van der Waals surface area contributed by atoms with E-state index in [-0.39, 0.29) is 25.4 Å². The molecule has 0 saturated carbocycles. The molecule has 0 amide bonds. The Hall–Kier alpha value is -2.71. The van der Waals surface area contributed by atoms with Crippen molar-refractivity contribution in [1.29, 1.82) is 0 Å². The maximum Gasteiger partial charge on any atom is 0.387 e. The second kappa shape index (κ2) is 12.8. The summed E-state index contributed by atoms with van der Waals surface area (Å²) in [6, 6.07) is 14.7. The minimum absolute atomic E-state index is 0.101. The number of nitrogens with zero attached hydrogens (tertiary/aromatic N) is 1. The first-order valence-corrected chi connectivity index (χ1v) is 9.84. The lowest BCUT2D eigenvalue weighted by atomic mass is 10.1. The predicted octanol–water partition coefficient (Wildman–Crippen LogP) is 3.23. The number of hydrogen-bond acceptors (Lipinski definition) is 4. The van der Waals surface area contributed by atoms with Gasteiger partial charge in [0.2, 0.25) is 0 Å². The smallest absolute Gasteiger partial charge is 0.387 e. The van der Waals surface area contributed by atoms with Crippen molar-refractivity contribution < 1.29 is 23.4 Å². The van der Waals surface area contributed by atoms with E-state index in [1.807, 2.05) is 44.2 Å². The van der Waals surface area contributed by atoms with Crippen LogP contribution in [0.15, 0.2) is 53.5 Å². The summed E-state index contributed by atoms with van der Waals surface area (Å²) >= 11 is 0. The Bertz CT molecular complexity index is 788. The fraction of sp³-hybridized carbons (Fsp3) is 0.409. The molecule has 0 saturated heterocycles. The number of aliphatic imine (C=N–C) groups is 1. The van der Waals surface area contributed by atoms with Crippen LogP contribution in [0.25, 0.3) is 0 Å². The molecule has 6 nitrogen and oxygen atoms in total. The topological polar surface area (TPSA) is 75.1 Å². The van der Waals surface area contributed by atoms with Gasteiger partial charge in [-0.05, 0) is 25.5 Å². The molecule has 0 bridgehead atoms. The molecule has 0 aliphatic carbocycles. The van der Waals surface area contributed by atoms with Gasteiger partial charge < -0.3 is 25.2 Å². The summed E-state index contributed by atoms with van der Waals surface area (Å²) in [5, 5.41) is 16.2. The molecule has 0 aliphatic heterocycles. The Labute approximate surface area is 175 Å². The third kappa shape index (κ3) is 8.75. The van der Waals surface area contributed by atoms with Gasteiger partial charge >= 0.3 is 6.61 Å². The number of aliphatic hydroxyl groups is 1. The number of benzene rings is 2. The summed E-state index contributed by atoms with van der Waals surface area (Å²) in [6.45, 7) is 2.48. The van der Waals surface area contributed by atoms with E-state index in [0.717, 1.165) is 11.1 Å². The van der Waals surface area contributed by atoms with E-state index in [1.165, 1.54) is 6.07 Å². The van der Waals surface area contributed by atoms with Crippen LogP contribution in [-0.2, 0) is 17.9 Å². The summed E-state index contributed by atoms with van der Waals surface area (Å²) in [5.74, 6) is 0.564. The van der Waals surface area contributed by atoms with Gasteiger partial charge in [0.15, 0.2) is 5.96 Å². The highest BCUT2D eigenvalue weighted by molar-refractivity contribution is 5.79. The Morgan fingerprint density at radius 2 is 1.90 bits per heavy atom. The predicted molar refractivity (Wildman–Crippen MR) is 113 cm³/mol. The lowest BCUT2D eigenvalue weighted by Gasteiger charge is -2.16. The minimum Gasteiger partial charge on any atom is -0.434 e. The van der Waals surface area contributed by atoms with Crippen molar-refractivity contribution in [2.24, 2.45) is 4.99 Å². The maximum absolute atomic E-state index is 12.6. The lowest BCUT2D eigenvalue weighted by Crippen LogP contribution is -2.42. The van der Waals surface area contributed by atoms with Gasteiger partial charge in [0.1, 0.15) is 5.75 Å². The van der Waals surface area contributed by atoms with E-state index in [9.17, 15) is 13.9 Å². The third-order valence-corrected chi connectivity index (χ3v) is 4.11. The number of alkyl halides is 2. The van der Waals surface area contributed by atoms with Gasteiger partial charge in [-0.15, -0.1) is 0 Å². The molecule has 2 aromatic carbocycles. The summed E-state index contributed by atoms with van der Waals surface area (Å²) in [6.07, 6.45) is -0.728. The van der Waals surface area contributed by atoms with Crippen molar-refractivity contribution in [3.05, 3.63) is 65.2 Å². The van der Waals surface area contributed by atoms with Gasteiger partial charge in [-0.2, -0.15) is 8.78 Å². The molecule has 30 heavy (non-hydrogen) atoms. The van der Waals surface area contributed by atoms with Crippen LogP contribution >= 0.6 is 0 Å². The van der Waals surface area contributed by atoms with Crippen LogP contribution in [0, 0.1) is 6.92 Å². The zero-order valence-corrected chi connectivity index (χ0v) is 17.3. The van der Waals surface area contributed by atoms with Crippen molar-refractivity contribution in [2.45, 2.75) is 39.7 Å². The molecule has 8 heteroatoms. The van der Waals surface area contributed by atoms with Gasteiger partial charge in [-0.3, -0.25) is 0 Å². The van der Waals surface area contributed by atoms with Crippen LogP contribution in [0.2, 0.25) is 0 Å². The van der Waals surface area contributed by atoms with Crippen molar-refractivity contribution in [3.8, 4) is 5.75 Å². The Kier molecular flexibility index (Phi) is 10.0. The monoisotopic (exact) mass is 421 g/mol. The summed E-state index contributed by atoms with van der Waals surface area (Å²) in [5.41, 5.74) is 2.51. The zero-order valence-electron chi connectivity index (χ0n) is 17.3. The number of nitrogens with one attached hydrogen (secondary N) is 2. The van der Waals surface area contributed by atoms with Crippen LogP contribution in [-0.4, -0.2) is 43.5 Å². The molecule has 0 radical (unpaired) electrons. The van der Waals surface area contributed by atoms with Gasteiger partial charge in [0.05, 0.1) is 25.9 Å². The van der Waals surface area contributed by atoms with Crippen LogP contribution in [0.5, 0.6) is 5.75 Å². The first-order chi connectivity index (χ1) is 14.5. The highest BCUT2D eigenvalue weighted by Crippen LogP contribution is 2.22. The number of guanidine groups is 1. The van der Waals surface area contributed by atoms with Crippen molar-refractivity contribution in [2.75, 3.05) is 19.7 Å². The normalized spacial score (nSPS) is 12.7. The molecule has 2 rings (SSSR count). The Morgan fingerprint density at radius 1 is 1.13 bits per heavy atom. The summed E-state index contributed by atoms with van der Waals surface area (Å²) in [4.78, 5) is 4.41. The van der Waals surface area contributed by atoms with E-state index >= 15 is 0 Å². The van der Waals surface area contributed by atoms with Crippen LogP contribution in [0.1, 0.15) is 23.6 Å². The van der Waals surface area contributed by atoms with Crippen molar-refractivity contribution in [1.82, 2.24) is 10.6 Å². The average molecular weight is 421 g/mol. The largest absolute Gasteiger partial charge is 0.434 e. The number of halogens is 2. The fourth-order valence-electron chi connectivity index (χ4n) is 2.71. The molecular formula is C22H29F2N3O3. The first kappa shape index (κ1) is 23.6. The maximum atomic E-state index is 12.6. The van der Waals surface area contributed by atoms with E-state index in [2.05, 4.69) is 20.4 Å². The standard InChI is InChI=1S/C22H29F2N3O3/c1-3-25-22(26-12-18-11-16(2)9-10-20(18)30-21(23)24)27-13-19(28)15-29-14-17-7-5-4-6-8-17/h4-11,19,21,28H,3,12-15H2,1-2H3,(H2,25,26,27). The number of hydrogen-bond donors (Lipinski definition) is 3. The second-order valence-corrected chi connectivity index (χ2v) is 6.72. The number of ether oxygens (including phenoxy) is 2. The van der Waals surface area contributed by atoms with Gasteiger partial charge in [-0.25, -0.2) is 4.99 Å². The minimum atomic E-state index is -2.90. The quantitative estimate of drug-likeness (QED) is 0.384. The number of aliphatic hydroxyl groups excluding tert-OH is 1. The van der Waals surface area contributed by atoms with E-state index in [0.29, 0.717) is 24.7 Å². The Balaban J connectivity index is 1.87. The van der Waals surface area contributed by atoms with E-state index in [4.69, 9.17) is 4.74 Å². The van der Waals surface area contributed by atoms with Crippen LogP contribution in [0.4, 0.5) is 8.78 Å². The second-order valence-electron chi connectivity index (χ2n) is 6.72. The molecule has 0 fully saturated rings. The zero-order chi connectivity index (χ0) is 21.8. The summed E-state index contributed by atoms with van der Waals surface area (Å²) in [7, 11) is 0. The fourth-order valence-corrected chi connectivity index (χ4v) is 2.71. The number of rotatable bonds is 11. The number of aryl methyl sites for hydroxylation is 1. The highest BCUT2D eigenvalue weighted by Gasteiger charge is 2.11. The van der Waals surface area contributed by atoms with Gasteiger partial charge in [0, 0.05) is 18.7 Å². The highest BCUT2D eigenvalue weighted by atomic mass is 19.3. The van der Waals surface area contributed by atoms with Crippen LogP contribution < -0.4 is 15.4 Å². The molecule has 164 valence electrons. The summed E-state index contributed by atoms with van der Waals surface area (Å²) < 4.78 is 35.3. The molecule has 0 aromatic heterocycles. The molecule has 0 aliphatic rings. The molecule has 1 atom stereocenters. The van der Waals surface area contributed by atoms with Gasteiger partial charge in [-0.1, -0.05) is 48.0 Å². The molecule has 0 spiro atoms. The van der Waals surface area contributed by atoms with E-state index in [1.54, 1.807) is 12.1 Å². The van der Waals surface area contributed by atoms with Gasteiger partial charge in [0.25, 0.3) is 0 Å². The van der Waals surface area contributed by atoms with Crippen LogP contribution in [0.3, 0.4) is 0 Å². The molecule has 0 heterocycles. The Morgan fingerprint density at radius 3 is 2.60 bits per heavy atom. The van der Waals surface area contributed by atoms with E-state index < -0.39 is 12.7 Å². The van der Waals surface area contributed by atoms with Crippen molar-refractivity contribution >= 4 is 5.96 Å². The molecule has 3 N–H and O–H groups in total. The van der Waals surface area contributed by atoms with Crippen molar-refractivity contribution in [3.63, 3.8) is 0 Å². The lowest BCUT2D eigenvalue weighted by molar-refractivity contribution is -0.0504.